The Labute approximate surface area is 131 Å². The zero-order valence-electron chi connectivity index (χ0n) is 12.2. The molecule has 2 fully saturated rings. The zero-order chi connectivity index (χ0) is 13.8. The normalized spacial score (nSPS) is 22.4. The molecule has 0 unspecified atom stereocenters. The molecule has 3 rings (SSSR count). The summed E-state index contributed by atoms with van der Waals surface area (Å²) in [6.45, 7) is 4.92. The van der Waals surface area contributed by atoms with E-state index in [-0.39, 0.29) is 5.54 Å². The van der Waals surface area contributed by atoms with Crippen molar-refractivity contribution in [2.75, 3.05) is 26.2 Å². The standard InChI is InChI=1S/C17H25BrN2/c18-16-7-5-15(6-8-16)17(9-4-10-17)19-11-14-20-12-2-1-3-13-20/h5-8,19H,1-4,9-14H2. The number of rotatable bonds is 5. The van der Waals surface area contributed by atoms with Gasteiger partial charge in [0.15, 0.2) is 0 Å². The Hall–Kier alpha value is -0.380. The third-order valence-electron chi connectivity index (χ3n) is 4.94. The van der Waals surface area contributed by atoms with Crippen molar-refractivity contribution < 1.29 is 0 Å². The van der Waals surface area contributed by atoms with Crippen molar-refractivity contribution in [2.24, 2.45) is 0 Å². The summed E-state index contributed by atoms with van der Waals surface area (Å²) in [5.41, 5.74) is 1.72. The van der Waals surface area contributed by atoms with Crippen LogP contribution in [0.25, 0.3) is 0 Å². The lowest BCUT2D eigenvalue weighted by Gasteiger charge is -2.44. The van der Waals surface area contributed by atoms with Crippen LogP contribution in [0.3, 0.4) is 0 Å². The van der Waals surface area contributed by atoms with Gasteiger partial charge >= 0.3 is 0 Å². The van der Waals surface area contributed by atoms with Crippen LogP contribution in [-0.2, 0) is 5.54 Å². The Kier molecular flexibility index (Phi) is 4.79. The van der Waals surface area contributed by atoms with Crippen molar-refractivity contribution >= 4 is 15.9 Å². The third kappa shape index (κ3) is 3.26. The molecule has 1 saturated carbocycles. The second-order valence-corrected chi connectivity index (χ2v) is 7.19. The number of nitrogens with zero attached hydrogens (tertiary/aromatic N) is 1. The maximum atomic E-state index is 3.86. The van der Waals surface area contributed by atoms with E-state index >= 15 is 0 Å². The largest absolute Gasteiger partial charge is 0.306 e. The first kappa shape index (κ1) is 14.6. The van der Waals surface area contributed by atoms with Gasteiger partial charge in [-0.3, -0.25) is 0 Å². The van der Waals surface area contributed by atoms with Crippen molar-refractivity contribution in [1.29, 1.82) is 0 Å². The highest BCUT2D eigenvalue weighted by molar-refractivity contribution is 9.10. The molecule has 2 nitrogen and oxygen atoms in total. The molecule has 1 saturated heterocycles. The van der Waals surface area contributed by atoms with Gasteiger partial charge in [-0.05, 0) is 62.9 Å². The Balaban J connectivity index is 1.54. The van der Waals surface area contributed by atoms with Gasteiger partial charge in [-0.15, -0.1) is 0 Å². The Bertz CT molecular complexity index is 419. The molecule has 2 aliphatic rings. The number of halogens is 1. The van der Waals surface area contributed by atoms with Crippen LogP contribution in [0.5, 0.6) is 0 Å². The topological polar surface area (TPSA) is 15.3 Å². The third-order valence-corrected chi connectivity index (χ3v) is 5.47. The van der Waals surface area contributed by atoms with Crippen LogP contribution >= 0.6 is 15.9 Å². The Morgan fingerprint density at radius 1 is 1.00 bits per heavy atom. The molecule has 1 aromatic rings. The van der Waals surface area contributed by atoms with Gasteiger partial charge < -0.3 is 10.2 Å². The van der Waals surface area contributed by atoms with Crippen molar-refractivity contribution in [3.05, 3.63) is 34.3 Å². The summed E-state index contributed by atoms with van der Waals surface area (Å²) < 4.78 is 1.17. The second-order valence-electron chi connectivity index (χ2n) is 6.27. The van der Waals surface area contributed by atoms with Crippen molar-refractivity contribution in [1.82, 2.24) is 10.2 Å². The number of piperidine rings is 1. The minimum atomic E-state index is 0.260. The lowest BCUT2D eigenvalue weighted by atomic mass is 9.72. The van der Waals surface area contributed by atoms with Crippen molar-refractivity contribution in [3.8, 4) is 0 Å². The van der Waals surface area contributed by atoms with Gasteiger partial charge in [0.25, 0.3) is 0 Å². The van der Waals surface area contributed by atoms with E-state index in [2.05, 4.69) is 50.4 Å². The molecule has 1 aliphatic heterocycles. The van der Waals surface area contributed by atoms with Crippen molar-refractivity contribution in [2.45, 2.75) is 44.1 Å². The lowest BCUT2D eigenvalue weighted by Crippen LogP contribution is -2.50. The molecule has 1 aliphatic carbocycles. The van der Waals surface area contributed by atoms with Gasteiger partial charge in [-0.1, -0.05) is 34.5 Å². The number of hydrogen-bond donors (Lipinski definition) is 1. The highest BCUT2D eigenvalue weighted by Gasteiger charge is 2.37. The first-order valence-electron chi connectivity index (χ1n) is 8.02. The zero-order valence-corrected chi connectivity index (χ0v) is 13.8. The van der Waals surface area contributed by atoms with Crippen LogP contribution in [0.15, 0.2) is 28.7 Å². The highest BCUT2D eigenvalue weighted by Crippen LogP contribution is 2.41. The number of likely N-dealkylation sites (tertiary alicyclic amines) is 1. The predicted octanol–water partition coefficient (Wildman–Crippen LogP) is 3.90. The van der Waals surface area contributed by atoms with Crippen molar-refractivity contribution in [3.63, 3.8) is 0 Å². The quantitative estimate of drug-likeness (QED) is 0.877. The van der Waals surface area contributed by atoms with E-state index in [0.29, 0.717) is 0 Å². The van der Waals surface area contributed by atoms with E-state index in [4.69, 9.17) is 0 Å². The first-order valence-corrected chi connectivity index (χ1v) is 8.81. The van der Waals surface area contributed by atoms with Crippen LogP contribution < -0.4 is 5.32 Å². The molecule has 0 amide bonds. The number of benzene rings is 1. The van der Waals surface area contributed by atoms with Gasteiger partial charge in [0.05, 0.1) is 0 Å². The highest BCUT2D eigenvalue weighted by atomic mass is 79.9. The average molecular weight is 337 g/mol. The molecule has 0 spiro atoms. The summed E-state index contributed by atoms with van der Waals surface area (Å²) in [6, 6.07) is 8.89. The summed E-state index contributed by atoms with van der Waals surface area (Å²) in [5, 5.41) is 3.86. The molecule has 1 N–H and O–H groups in total. The first-order chi connectivity index (χ1) is 9.78. The van der Waals surface area contributed by atoms with Crippen LogP contribution in [-0.4, -0.2) is 31.1 Å². The smallest absolute Gasteiger partial charge is 0.0435 e. The summed E-state index contributed by atoms with van der Waals surface area (Å²) >= 11 is 3.53. The average Bonchev–Trinajstić information content (AvgIpc) is 2.44. The number of hydrogen-bond acceptors (Lipinski definition) is 2. The second kappa shape index (κ2) is 6.59. The fourth-order valence-corrected chi connectivity index (χ4v) is 3.77. The summed E-state index contributed by atoms with van der Waals surface area (Å²) in [5.74, 6) is 0. The maximum Gasteiger partial charge on any atom is 0.0435 e. The summed E-state index contributed by atoms with van der Waals surface area (Å²) in [4.78, 5) is 2.62. The fraction of sp³-hybridized carbons (Fsp3) is 0.647. The molecule has 0 atom stereocenters. The van der Waals surface area contributed by atoms with Crippen LogP contribution in [0, 0.1) is 0 Å². The van der Waals surface area contributed by atoms with Gasteiger partial charge in [0, 0.05) is 23.1 Å². The maximum absolute atomic E-state index is 3.86. The summed E-state index contributed by atoms with van der Waals surface area (Å²) in [6.07, 6.45) is 8.12. The van der Waals surface area contributed by atoms with Crippen LogP contribution in [0.4, 0.5) is 0 Å². The molecule has 1 aromatic carbocycles. The molecular weight excluding hydrogens is 312 g/mol. The van der Waals surface area contributed by atoms with E-state index in [0.717, 1.165) is 6.54 Å². The van der Waals surface area contributed by atoms with Gasteiger partial charge in [0.2, 0.25) is 0 Å². The van der Waals surface area contributed by atoms with Gasteiger partial charge in [-0.2, -0.15) is 0 Å². The monoisotopic (exact) mass is 336 g/mol. The SMILES string of the molecule is Brc1ccc(C2(NCCN3CCCCC3)CCC2)cc1. The molecule has 0 aromatic heterocycles. The van der Waals surface area contributed by atoms with Crippen LogP contribution in [0.2, 0.25) is 0 Å². The molecule has 20 heavy (non-hydrogen) atoms. The molecule has 0 bridgehead atoms. The van der Waals surface area contributed by atoms with E-state index in [1.807, 2.05) is 0 Å². The van der Waals surface area contributed by atoms with Gasteiger partial charge in [-0.25, -0.2) is 0 Å². The molecule has 3 heteroatoms. The molecule has 110 valence electrons. The van der Waals surface area contributed by atoms with E-state index in [1.165, 1.54) is 68.2 Å². The Morgan fingerprint density at radius 2 is 1.70 bits per heavy atom. The minimum Gasteiger partial charge on any atom is -0.306 e. The molecular formula is C17H25BrN2. The molecule has 1 heterocycles. The summed E-state index contributed by atoms with van der Waals surface area (Å²) in [7, 11) is 0. The van der Waals surface area contributed by atoms with Gasteiger partial charge in [0.1, 0.15) is 0 Å². The lowest BCUT2D eigenvalue weighted by molar-refractivity contribution is 0.164. The minimum absolute atomic E-state index is 0.260. The fourth-order valence-electron chi connectivity index (χ4n) is 3.50. The van der Waals surface area contributed by atoms with E-state index in [1.54, 1.807) is 0 Å². The van der Waals surface area contributed by atoms with Crippen LogP contribution in [0.1, 0.15) is 44.1 Å². The molecule has 0 radical (unpaired) electrons. The number of nitrogens with one attached hydrogen (secondary N) is 1. The Morgan fingerprint density at radius 3 is 2.30 bits per heavy atom. The van der Waals surface area contributed by atoms with E-state index < -0.39 is 0 Å². The predicted molar refractivity (Wildman–Crippen MR) is 88.0 cm³/mol. The van der Waals surface area contributed by atoms with E-state index in [9.17, 15) is 0 Å².